The second-order valence-corrected chi connectivity index (χ2v) is 9.54. The molecule has 7 N–H and O–H groups in total. The highest BCUT2D eigenvalue weighted by atomic mass is 16.7. The summed E-state index contributed by atoms with van der Waals surface area (Å²) in [4.78, 5) is 0. The fourth-order valence-corrected chi connectivity index (χ4v) is 4.45. The maximum Gasteiger partial charge on any atom is 0.187 e. The molecule has 214 valence electrons. The minimum Gasteiger partial charge on any atom is -0.394 e. The van der Waals surface area contributed by atoms with E-state index in [9.17, 15) is 35.7 Å². The predicted molar refractivity (Wildman–Crippen MR) is 125 cm³/mol. The summed E-state index contributed by atoms with van der Waals surface area (Å²) in [5.74, 6) is 0. The van der Waals surface area contributed by atoms with Gasteiger partial charge >= 0.3 is 0 Å². The minimum atomic E-state index is -1.73. The van der Waals surface area contributed by atoms with E-state index >= 15 is 0 Å². The zero-order valence-corrected chi connectivity index (χ0v) is 21.0. The maximum absolute atomic E-state index is 10.8. The average molecular weight is 536 g/mol. The van der Waals surface area contributed by atoms with E-state index in [1.807, 2.05) is 0 Å². The topological polar surface area (TPSA) is 209 Å². The predicted octanol–water partition coefficient (Wildman–Crippen LogP) is -2.05. The Hall–Kier alpha value is -1.30. The lowest BCUT2D eigenvalue weighted by molar-refractivity contribution is -0.347. The first-order valence-corrected chi connectivity index (χ1v) is 12.9. The van der Waals surface area contributed by atoms with E-state index in [1.54, 1.807) is 0 Å². The molecular formula is C23H41N3O11. The van der Waals surface area contributed by atoms with Gasteiger partial charge in [0.15, 0.2) is 12.5 Å². The van der Waals surface area contributed by atoms with Gasteiger partial charge in [0.25, 0.3) is 0 Å². The smallest absolute Gasteiger partial charge is 0.187 e. The Morgan fingerprint density at radius 3 is 2.24 bits per heavy atom. The molecule has 3 rings (SSSR count). The number of aliphatic hydroxyl groups is 7. The molecule has 14 heteroatoms. The molecule has 0 aromatic carbocycles. The molecule has 0 amide bonds. The molecule has 14 nitrogen and oxygen atoms in total. The zero-order valence-electron chi connectivity index (χ0n) is 21.0. The van der Waals surface area contributed by atoms with Crippen LogP contribution in [0.1, 0.15) is 57.4 Å². The lowest BCUT2D eigenvalue weighted by Crippen LogP contribution is -2.63. The van der Waals surface area contributed by atoms with Crippen LogP contribution in [-0.4, -0.2) is 126 Å². The standard InChI is InChI=1S/C23H41N3O11/c1-2-3-4-5-6-7-8-34-12-13-9-26(25-24-13)22-19(32)18(31)21(15(11-28)35-22)37-23-20(33)17(30)16(29)14(10-27)36-23/h9,14-23,27-33H,2-8,10-12H2,1H3/t14-,15-,16-,17+,18-,19-,20-,21-,22-,23-/m1/s1. The van der Waals surface area contributed by atoms with Gasteiger partial charge in [0, 0.05) is 6.61 Å². The van der Waals surface area contributed by atoms with E-state index < -0.39 is 74.6 Å². The van der Waals surface area contributed by atoms with Crippen LogP contribution < -0.4 is 0 Å². The van der Waals surface area contributed by atoms with E-state index in [1.165, 1.54) is 36.6 Å². The first kappa shape index (κ1) is 30.2. The van der Waals surface area contributed by atoms with Crippen molar-refractivity contribution in [2.24, 2.45) is 0 Å². The molecule has 0 saturated carbocycles. The van der Waals surface area contributed by atoms with Crippen LogP contribution in [0.3, 0.4) is 0 Å². The molecule has 0 bridgehead atoms. The Kier molecular flexibility index (Phi) is 12.1. The van der Waals surface area contributed by atoms with Crippen LogP contribution in [0.15, 0.2) is 6.20 Å². The third-order valence-corrected chi connectivity index (χ3v) is 6.69. The summed E-state index contributed by atoms with van der Waals surface area (Å²) >= 11 is 0. The average Bonchev–Trinajstić information content (AvgIpc) is 3.37. The highest BCUT2D eigenvalue weighted by Crippen LogP contribution is 2.32. The number of ether oxygens (including phenoxy) is 4. The summed E-state index contributed by atoms with van der Waals surface area (Å²) in [5.41, 5.74) is 0.497. The van der Waals surface area contributed by atoms with Crippen LogP contribution in [0.4, 0.5) is 0 Å². The molecule has 1 aromatic heterocycles. The highest BCUT2D eigenvalue weighted by molar-refractivity contribution is 4.97. The first-order valence-electron chi connectivity index (χ1n) is 12.9. The summed E-state index contributed by atoms with van der Waals surface area (Å²) in [6.07, 6.45) is -6.40. The Morgan fingerprint density at radius 1 is 0.838 bits per heavy atom. The van der Waals surface area contributed by atoms with Gasteiger partial charge in [-0.15, -0.1) is 5.10 Å². The van der Waals surface area contributed by atoms with Gasteiger partial charge in [0.05, 0.1) is 26.0 Å². The number of hydrogen-bond acceptors (Lipinski definition) is 13. The maximum atomic E-state index is 10.8. The van der Waals surface area contributed by atoms with E-state index in [0.717, 1.165) is 12.8 Å². The molecule has 10 atom stereocenters. The molecule has 0 spiro atoms. The van der Waals surface area contributed by atoms with Crippen LogP contribution in [0.2, 0.25) is 0 Å². The normalized spacial score (nSPS) is 36.6. The van der Waals surface area contributed by atoms with Gasteiger partial charge in [-0.2, -0.15) is 0 Å². The van der Waals surface area contributed by atoms with Gasteiger partial charge in [-0.25, -0.2) is 4.68 Å². The number of unbranched alkanes of at least 4 members (excludes halogenated alkanes) is 5. The van der Waals surface area contributed by atoms with Crippen molar-refractivity contribution < 1.29 is 54.7 Å². The fourth-order valence-electron chi connectivity index (χ4n) is 4.45. The molecule has 2 aliphatic rings. The fraction of sp³-hybridized carbons (Fsp3) is 0.913. The van der Waals surface area contributed by atoms with Gasteiger partial charge in [-0.1, -0.05) is 44.2 Å². The summed E-state index contributed by atoms with van der Waals surface area (Å²) in [7, 11) is 0. The van der Waals surface area contributed by atoms with Gasteiger partial charge in [-0.3, -0.25) is 0 Å². The number of aliphatic hydroxyl groups excluding tert-OH is 7. The SMILES string of the molecule is CCCCCCCCOCc1cn([C@@H]2O[C@H](CO)[C@@H](O[C@H]3O[C@H](CO)[C@@H](O)[C@H](O)[C@H]3O)[C@H](O)[C@H]2O)nn1. The van der Waals surface area contributed by atoms with E-state index in [4.69, 9.17) is 18.9 Å². The third kappa shape index (κ3) is 7.64. The van der Waals surface area contributed by atoms with E-state index in [2.05, 4.69) is 17.2 Å². The minimum absolute atomic E-state index is 0.215. The monoisotopic (exact) mass is 535 g/mol. The van der Waals surface area contributed by atoms with Gasteiger partial charge in [-0.05, 0) is 6.42 Å². The van der Waals surface area contributed by atoms with E-state index in [0.29, 0.717) is 12.3 Å². The molecule has 2 saturated heterocycles. The first-order chi connectivity index (χ1) is 17.8. The molecule has 3 heterocycles. The van der Waals surface area contributed by atoms with Gasteiger partial charge in [0.1, 0.15) is 54.5 Å². The second kappa shape index (κ2) is 14.7. The number of hydrogen-bond donors (Lipinski definition) is 7. The third-order valence-electron chi connectivity index (χ3n) is 6.69. The van der Waals surface area contributed by atoms with Crippen LogP contribution in [0, 0.1) is 0 Å². The molecule has 0 unspecified atom stereocenters. The van der Waals surface area contributed by atoms with E-state index in [-0.39, 0.29) is 6.61 Å². The van der Waals surface area contributed by atoms with Crippen molar-refractivity contribution in [3.05, 3.63) is 11.9 Å². The van der Waals surface area contributed by atoms with Crippen molar-refractivity contribution in [2.75, 3.05) is 19.8 Å². The Labute approximate surface area is 215 Å². The molecular weight excluding hydrogens is 494 g/mol. The van der Waals surface area contributed by atoms with Crippen LogP contribution >= 0.6 is 0 Å². The lowest BCUT2D eigenvalue weighted by atomic mass is 9.96. The number of nitrogens with zero attached hydrogens (tertiary/aromatic N) is 3. The molecule has 1 aromatic rings. The van der Waals surface area contributed by atoms with Crippen molar-refractivity contribution in [3.8, 4) is 0 Å². The van der Waals surface area contributed by atoms with Gasteiger partial charge < -0.3 is 54.7 Å². The molecule has 0 aliphatic carbocycles. The lowest BCUT2D eigenvalue weighted by Gasteiger charge is -2.45. The molecule has 0 radical (unpaired) electrons. The Bertz CT molecular complexity index is 783. The van der Waals surface area contributed by atoms with Crippen molar-refractivity contribution in [1.82, 2.24) is 15.0 Å². The van der Waals surface area contributed by atoms with Crippen LogP contribution in [0.5, 0.6) is 0 Å². The summed E-state index contributed by atoms with van der Waals surface area (Å²) < 4.78 is 23.5. The number of aromatic nitrogens is 3. The summed E-state index contributed by atoms with van der Waals surface area (Å²) in [5, 5.41) is 78.8. The van der Waals surface area contributed by atoms with Crippen molar-refractivity contribution in [1.29, 1.82) is 0 Å². The molecule has 2 fully saturated rings. The van der Waals surface area contributed by atoms with Crippen molar-refractivity contribution in [2.45, 2.75) is 113 Å². The largest absolute Gasteiger partial charge is 0.394 e. The quantitative estimate of drug-likeness (QED) is 0.128. The van der Waals surface area contributed by atoms with Crippen LogP contribution in [-0.2, 0) is 25.6 Å². The van der Waals surface area contributed by atoms with Crippen molar-refractivity contribution >= 4 is 0 Å². The second-order valence-electron chi connectivity index (χ2n) is 9.54. The van der Waals surface area contributed by atoms with Crippen LogP contribution in [0.25, 0.3) is 0 Å². The summed E-state index contributed by atoms with van der Waals surface area (Å²) in [6.45, 7) is 1.68. The Morgan fingerprint density at radius 2 is 1.54 bits per heavy atom. The van der Waals surface area contributed by atoms with Gasteiger partial charge in [0.2, 0.25) is 0 Å². The van der Waals surface area contributed by atoms with Crippen molar-refractivity contribution in [3.63, 3.8) is 0 Å². The molecule has 37 heavy (non-hydrogen) atoms. The zero-order chi connectivity index (χ0) is 26.9. The summed E-state index contributed by atoms with van der Waals surface area (Å²) in [6, 6.07) is 0. The molecule has 2 aliphatic heterocycles. The highest BCUT2D eigenvalue weighted by Gasteiger charge is 2.51. The number of rotatable bonds is 14. The Balaban J connectivity index is 1.55.